The smallest absolute Gasteiger partial charge is 0.226 e. The molecule has 2 atom stereocenters. The molecule has 1 fully saturated rings. The quantitative estimate of drug-likeness (QED) is 0.647. The number of carbonyl (C=O) groups excluding carboxylic acids is 1. The zero-order chi connectivity index (χ0) is 9.84. The SMILES string of the molecule is CC[C@H](C)C(=O)N1CCC[C@H]1C#N. The van der Waals surface area contributed by atoms with Crippen molar-refractivity contribution in [3.05, 3.63) is 0 Å². The lowest BCUT2D eigenvalue weighted by molar-refractivity contribution is -0.135. The van der Waals surface area contributed by atoms with Gasteiger partial charge in [0.05, 0.1) is 6.07 Å². The normalized spacial score (nSPS) is 24.1. The van der Waals surface area contributed by atoms with Crippen LogP contribution in [0.2, 0.25) is 0 Å². The van der Waals surface area contributed by atoms with Gasteiger partial charge in [0.25, 0.3) is 0 Å². The molecule has 0 aliphatic carbocycles. The molecule has 0 aromatic carbocycles. The summed E-state index contributed by atoms with van der Waals surface area (Å²) in [5.74, 6) is 0.209. The average molecular weight is 180 g/mol. The Morgan fingerprint density at radius 3 is 3.00 bits per heavy atom. The fourth-order valence-electron chi connectivity index (χ4n) is 1.62. The Labute approximate surface area is 79.3 Å². The summed E-state index contributed by atoms with van der Waals surface area (Å²) in [4.78, 5) is 13.5. The van der Waals surface area contributed by atoms with Crippen molar-refractivity contribution in [2.24, 2.45) is 5.92 Å². The molecule has 1 heterocycles. The molecule has 0 radical (unpaired) electrons. The largest absolute Gasteiger partial charge is 0.326 e. The highest BCUT2D eigenvalue weighted by Crippen LogP contribution is 2.19. The second-order valence-electron chi connectivity index (χ2n) is 3.63. The van der Waals surface area contributed by atoms with Gasteiger partial charge in [-0.05, 0) is 19.3 Å². The Hall–Kier alpha value is -1.04. The third-order valence-electron chi connectivity index (χ3n) is 2.72. The van der Waals surface area contributed by atoms with Crippen molar-refractivity contribution in [1.29, 1.82) is 5.26 Å². The predicted molar refractivity (Wildman–Crippen MR) is 49.8 cm³/mol. The maximum Gasteiger partial charge on any atom is 0.226 e. The Kier molecular flexibility index (Phi) is 3.30. The van der Waals surface area contributed by atoms with Crippen molar-refractivity contribution in [2.45, 2.75) is 39.2 Å². The molecule has 0 aromatic rings. The van der Waals surface area contributed by atoms with Crippen LogP contribution in [0.5, 0.6) is 0 Å². The molecule has 72 valence electrons. The Morgan fingerprint density at radius 2 is 2.46 bits per heavy atom. The monoisotopic (exact) mass is 180 g/mol. The van der Waals surface area contributed by atoms with Crippen LogP contribution in [0.25, 0.3) is 0 Å². The molecule has 13 heavy (non-hydrogen) atoms. The molecule has 1 rings (SSSR count). The molecule has 3 heteroatoms. The number of likely N-dealkylation sites (tertiary alicyclic amines) is 1. The molecule has 1 aliphatic rings. The van der Waals surface area contributed by atoms with E-state index in [1.54, 1.807) is 4.90 Å². The second-order valence-corrected chi connectivity index (χ2v) is 3.63. The fourth-order valence-corrected chi connectivity index (χ4v) is 1.62. The minimum Gasteiger partial charge on any atom is -0.326 e. The van der Waals surface area contributed by atoms with E-state index in [9.17, 15) is 4.79 Å². The maximum absolute atomic E-state index is 11.7. The summed E-state index contributed by atoms with van der Waals surface area (Å²) >= 11 is 0. The molecular weight excluding hydrogens is 164 g/mol. The standard InChI is InChI=1S/C10H16N2O/c1-3-8(2)10(13)12-6-4-5-9(12)7-11/h8-9H,3-6H2,1-2H3/t8-,9-/m0/s1. The number of hydrogen-bond donors (Lipinski definition) is 0. The summed E-state index contributed by atoms with van der Waals surface area (Å²) in [6, 6.07) is 2.01. The minimum absolute atomic E-state index is 0.0638. The van der Waals surface area contributed by atoms with Crippen molar-refractivity contribution in [1.82, 2.24) is 4.90 Å². The lowest BCUT2D eigenvalue weighted by atomic mass is 10.1. The van der Waals surface area contributed by atoms with Crippen LogP contribution < -0.4 is 0 Å². The van der Waals surface area contributed by atoms with Gasteiger partial charge >= 0.3 is 0 Å². The van der Waals surface area contributed by atoms with E-state index < -0.39 is 0 Å². The summed E-state index contributed by atoms with van der Waals surface area (Å²) in [6.45, 7) is 4.69. The van der Waals surface area contributed by atoms with Crippen LogP contribution in [0.1, 0.15) is 33.1 Å². The van der Waals surface area contributed by atoms with Gasteiger partial charge in [-0.1, -0.05) is 13.8 Å². The maximum atomic E-state index is 11.7. The first-order chi connectivity index (χ1) is 6.20. The highest BCUT2D eigenvalue weighted by molar-refractivity contribution is 5.79. The van der Waals surface area contributed by atoms with Crippen molar-refractivity contribution >= 4 is 5.91 Å². The van der Waals surface area contributed by atoms with Gasteiger partial charge < -0.3 is 4.90 Å². The number of nitriles is 1. The lowest BCUT2D eigenvalue weighted by Crippen LogP contribution is -2.37. The van der Waals surface area contributed by atoms with E-state index in [-0.39, 0.29) is 17.9 Å². The Morgan fingerprint density at radius 1 is 1.77 bits per heavy atom. The van der Waals surface area contributed by atoms with E-state index in [2.05, 4.69) is 6.07 Å². The summed E-state index contributed by atoms with van der Waals surface area (Å²) in [7, 11) is 0. The fraction of sp³-hybridized carbons (Fsp3) is 0.800. The second kappa shape index (κ2) is 4.27. The van der Waals surface area contributed by atoms with Crippen LogP contribution in [0.15, 0.2) is 0 Å². The van der Waals surface area contributed by atoms with Gasteiger partial charge in [-0.2, -0.15) is 5.26 Å². The van der Waals surface area contributed by atoms with E-state index in [1.165, 1.54) is 0 Å². The molecule has 1 aliphatic heterocycles. The summed E-state index contributed by atoms with van der Waals surface area (Å²) in [5.41, 5.74) is 0. The van der Waals surface area contributed by atoms with E-state index in [0.29, 0.717) is 0 Å². The van der Waals surface area contributed by atoms with Crippen molar-refractivity contribution in [3.8, 4) is 6.07 Å². The van der Waals surface area contributed by atoms with Crippen molar-refractivity contribution in [3.63, 3.8) is 0 Å². The minimum atomic E-state index is -0.165. The van der Waals surface area contributed by atoms with Crippen LogP contribution >= 0.6 is 0 Å². The number of rotatable bonds is 2. The number of hydrogen-bond acceptors (Lipinski definition) is 2. The Bertz CT molecular complexity index is 232. The molecule has 0 bridgehead atoms. The molecule has 1 saturated heterocycles. The average Bonchev–Trinajstić information content (AvgIpc) is 2.62. The molecule has 3 nitrogen and oxygen atoms in total. The van der Waals surface area contributed by atoms with Crippen LogP contribution in [-0.4, -0.2) is 23.4 Å². The molecule has 0 unspecified atom stereocenters. The van der Waals surface area contributed by atoms with Gasteiger partial charge in [-0.3, -0.25) is 4.79 Å². The van der Waals surface area contributed by atoms with Gasteiger partial charge in [0, 0.05) is 12.5 Å². The number of carbonyl (C=O) groups is 1. The van der Waals surface area contributed by atoms with Gasteiger partial charge in [0.1, 0.15) is 6.04 Å². The zero-order valence-electron chi connectivity index (χ0n) is 8.29. The molecule has 0 N–H and O–H groups in total. The van der Waals surface area contributed by atoms with Gasteiger partial charge in [0.15, 0.2) is 0 Å². The summed E-state index contributed by atoms with van der Waals surface area (Å²) in [6.07, 6.45) is 2.67. The van der Waals surface area contributed by atoms with Crippen molar-refractivity contribution in [2.75, 3.05) is 6.54 Å². The summed E-state index contributed by atoms with van der Waals surface area (Å²) < 4.78 is 0. The first kappa shape index (κ1) is 10.0. The molecule has 0 aromatic heterocycles. The van der Waals surface area contributed by atoms with E-state index >= 15 is 0 Å². The molecule has 0 spiro atoms. The molecule has 0 saturated carbocycles. The summed E-state index contributed by atoms with van der Waals surface area (Å²) in [5, 5.41) is 8.80. The number of nitrogens with zero attached hydrogens (tertiary/aromatic N) is 2. The first-order valence-corrected chi connectivity index (χ1v) is 4.90. The highest BCUT2D eigenvalue weighted by atomic mass is 16.2. The lowest BCUT2D eigenvalue weighted by Gasteiger charge is -2.22. The Balaban J connectivity index is 2.61. The van der Waals surface area contributed by atoms with Crippen molar-refractivity contribution < 1.29 is 4.79 Å². The van der Waals surface area contributed by atoms with Gasteiger partial charge in [0.2, 0.25) is 5.91 Å². The van der Waals surface area contributed by atoms with Crippen LogP contribution in [0, 0.1) is 17.2 Å². The number of amides is 1. The third-order valence-corrected chi connectivity index (χ3v) is 2.72. The van der Waals surface area contributed by atoms with Gasteiger partial charge in [-0.15, -0.1) is 0 Å². The van der Waals surface area contributed by atoms with E-state index in [1.807, 2.05) is 13.8 Å². The van der Waals surface area contributed by atoms with Crippen LogP contribution in [0.4, 0.5) is 0 Å². The predicted octanol–water partition coefficient (Wildman–Crippen LogP) is 1.55. The van der Waals surface area contributed by atoms with Crippen LogP contribution in [-0.2, 0) is 4.79 Å². The van der Waals surface area contributed by atoms with Crippen LogP contribution in [0.3, 0.4) is 0 Å². The highest BCUT2D eigenvalue weighted by Gasteiger charge is 2.30. The van der Waals surface area contributed by atoms with E-state index in [0.717, 1.165) is 25.8 Å². The zero-order valence-corrected chi connectivity index (χ0v) is 8.29. The molecule has 1 amide bonds. The van der Waals surface area contributed by atoms with Gasteiger partial charge in [-0.25, -0.2) is 0 Å². The first-order valence-electron chi connectivity index (χ1n) is 4.90. The molecular formula is C10H16N2O. The third kappa shape index (κ3) is 2.00. The van der Waals surface area contributed by atoms with E-state index in [4.69, 9.17) is 5.26 Å². The topological polar surface area (TPSA) is 44.1 Å².